The van der Waals surface area contributed by atoms with Gasteiger partial charge in [-0.05, 0) is 98.7 Å². The standard InChI is InChI=1S/C37H41F3N4O5S/c1-5-34(45)44-22-36(2,3)49-33-19-26(8-11-32(33)44)43-14-12-37(13-15-43)20-31(27-9-7-24(38)18-28(27)37)42-35(46)41-25(21-50(4,47)48)16-23-6-10-29(39)30(40)17-23/h5-11,17-19,25,31H,1,12-16,20-22H2,2-4H3,(H2,41,42,46)/t25-,31?/m1/s1. The molecule has 2 heterocycles. The van der Waals surface area contributed by atoms with Crippen LogP contribution in [0.1, 0.15) is 55.8 Å². The van der Waals surface area contributed by atoms with Gasteiger partial charge in [-0.2, -0.15) is 0 Å². The first-order valence-electron chi connectivity index (χ1n) is 16.6. The zero-order valence-electron chi connectivity index (χ0n) is 28.3. The molecular weight excluding hydrogens is 669 g/mol. The summed E-state index contributed by atoms with van der Waals surface area (Å²) in [6.07, 6.45) is 4.19. The van der Waals surface area contributed by atoms with Crippen LogP contribution in [0.15, 0.2) is 67.3 Å². The van der Waals surface area contributed by atoms with Crippen LogP contribution in [0.2, 0.25) is 0 Å². The van der Waals surface area contributed by atoms with E-state index in [0.29, 0.717) is 55.9 Å². The summed E-state index contributed by atoms with van der Waals surface area (Å²) in [5.41, 5.74) is 2.59. The molecule has 2 aliphatic heterocycles. The van der Waals surface area contributed by atoms with Crippen LogP contribution in [0, 0.1) is 17.5 Å². The van der Waals surface area contributed by atoms with Crippen molar-refractivity contribution in [3.8, 4) is 5.75 Å². The lowest BCUT2D eigenvalue weighted by Crippen LogP contribution is -2.49. The van der Waals surface area contributed by atoms with Crippen molar-refractivity contribution in [1.29, 1.82) is 0 Å². The summed E-state index contributed by atoms with van der Waals surface area (Å²) in [4.78, 5) is 29.9. The van der Waals surface area contributed by atoms with Crippen molar-refractivity contribution < 1.29 is 35.9 Å². The van der Waals surface area contributed by atoms with Crippen LogP contribution in [0.25, 0.3) is 0 Å². The van der Waals surface area contributed by atoms with Crippen molar-refractivity contribution in [2.24, 2.45) is 0 Å². The summed E-state index contributed by atoms with van der Waals surface area (Å²) in [7, 11) is -3.54. The second-order valence-electron chi connectivity index (χ2n) is 14.3. The van der Waals surface area contributed by atoms with Crippen molar-refractivity contribution in [3.63, 3.8) is 0 Å². The van der Waals surface area contributed by atoms with E-state index in [1.165, 1.54) is 18.2 Å². The van der Waals surface area contributed by atoms with Gasteiger partial charge in [-0.3, -0.25) is 4.79 Å². The van der Waals surface area contributed by atoms with Gasteiger partial charge in [0.2, 0.25) is 0 Å². The molecule has 3 aromatic carbocycles. The van der Waals surface area contributed by atoms with E-state index >= 15 is 0 Å². The quantitative estimate of drug-likeness (QED) is 0.289. The number of sulfone groups is 1. The number of piperidine rings is 1. The molecule has 9 nitrogen and oxygen atoms in total. The van der Waals surface area contributed by atoms with E-state index in [0.717, 1.165) is 35.2 Å². The van der Waals surface area contributed by atoms with E-state index in [1.807, 2.05) is 32.0 Å². The van der Waals surface area contributed by atoms with Gasteiger partial charge < -0.3 is 25.2 Å². The normalized spacial score (nSPS) is 19.6. The molecule has 1 aliphatic carbocycles. The van der Waals surface area contributed by atoms with Gasteiger partial charge in [-0.15, -0.1) is 0 Å². The average Bonchev–Trinajstić information content (AvgIpc) is 3.31. The van der Waals surface area contributed by atoms with E-state index in [4.69, 9.17) is 4.74 Å². The van der Waals surface area contributed by atoms with E-state index in [1.54, 1.807) is 17.0 Å². The Morgan fingerprint density at radius 1 is 1.04 bits per heavy atom. The molecule has 0 bridgehead atoms. The molecule has 6 rings (SSSR count). The van der Waals surface area contributed by atoms with E-state index in [9.17, 15) is 31.2 Å². The van der Waals surface area contributed by atoms with Crippen molar-refractivity contribution in [3.05, 3.63) is 101 Å². The Morgan fingerprint density at radius 3 is 2.46 bits per heavy atom. The SMILES string of the molecule is C=CC(=O)N1CC(C)(C)Oc2cc(N3CCC4(CC3)CC(NC(=O)N[C@H](Cc3ccc(F)c(F)c3)CS(C)(=O)=O)c3ccc(F)cc34)ccc21. The lowest BCUT2D eigenvalue weighted by atomic mass is 9.73. The highest BCUT2D eigenvalue weighted by atomic mass is 32.2. The number of hydrogen-bond donors (Lipinski definition) is 2. The summed E-state index contributed by atoms with van der Waals surface area (Å²) in [5.74, 6) is -2.45. The van der Waals surface area contributed by atoms with Crippen molar-refractivity contribution >= 4 is 33.2 Å². The molecule has 0 aromatic heterocycles. The van der Waals surface area contributed by atoms with Gasteiger partial charge in [0.15, 0.2) is 11.6 Å². The summed E-state index contributed by atoms with van der Waals surface area (Å²) in [6, 6.07) is 11.7. The first kappa shape index (κ1) is 35.3. The number of benzene rings is 3. The van der Waals surface area contributed by atoms with E-state index < -0.39 is 56.4 Å². The van der Waals surface area contributed by atoms with Crippen LogP contribution in [0.3, 0.4) is 0 Å². The molecular formula is C37H41F3N4O5S. The predicted octanol–water partition coefficient (Wildman–Crippen LogP) is 5.73. The van der Waals surface area contributed by atoms with Gasteiger partial charge in [0, 0.05) is 42.6 Å². The highest BCUT2D eigenvalue weighted by molar-refractivity contribution is 7.90. The van der Waals surface area contributed by atoms with Gasteiger partial charge in [-0.25, -0.2) is 26.4 Å². The van der Waals surface area contributed by atoms with Crippen LogP contribution >= 0.6 is 0 Å². The number of nitrogens with one attached hydrogen (secondary N) is 2. The Morgan fingerprint density at radius 2 is 1.78 bits per heavy atom. The van der Waals surface area contributed by atoms with Crippen molar-refractivity contribution in [2.75, 3.05) is 41.4 Å². The maximum absolute atomic E-state index is 14.7. The maximum Gasteiger partial charge on any atom is 0.315 e. The second-order valence-corrected chi connectivity index (χ2v) is 16.4. The number of rotatable bonds is 8. The number of halogens is 3. The van der Waals surface area contributed by atoms with Gasteiger partial charge >= 0.3 is 6.03 Å². The summed E-state index contributed by atoms with van der Waals surface area (Å²) in [6.45, 7) is 9.19. The summed E-state index contributed by atoms with van der Waals surface area (Å²) in [5, 5.41) is 5.70. The summed E-state index contributed by atoms with van der Waals surface area (Å²) >= 11 is 0. The lowest BCUT2D eigenvalue weighted by Gasteiger charge is -2.43. The van der Waals surface area contributed by atoms with Crippen LogP contribution in [-0.4, -0.2) is 63.6 Å². The molecule has 1 saturated heterocycles. The molecule has 13 heteroatoms. The third-order valence-corrected chi connectivity index (χ3v) is 10.9. The summed E-state index contributed by atoms with van der Waals surface area (Å²) < 4.78 is 72.7. The van der Waals surface area contributed by atoms with Crippen molar-refractivity contribution in [1.82, 2.24) is 10.6 Å². The Hall–Kier alpha value is -4.52. The highest BCUT2D eigenvalue weighted by Gasteiger charge is 2.46. The first-order valence-corrected chi connectivity index (χ1v) is 18.6. The Bertz CT molecular complexity index is 1940. The molecule has 266 valence electrons. The molecule has 3 amide bonds. The Kier molecular flexibility index (Phi) is 9.40. The number of carbonyl (C=O) groups is 2. The fraction of sp³-hybridized carbons (Fsp3) is 0.405. The minimum atomic E-state index is -3.54. The molecule has 1 fully saturated rings. The van der Waals surface area contributed by atoms with Crippen LogP contribution in [0.5, 0.6) is 5.75 Å². The third kappa shape index (κ3) is 7.47. The van der Waals surface area contributed by atoms with Gasteiger partial charge in [0.1, 0.15) is 27.0 Å². The van der Waals surface area contributed by atoms with E-state index in [2.05, 4.69) is 22.1 Å². The van der Waals surface area contributed by atoms with Crippen LogP contribution in [0.4, 0.5) is 29.3 Å². The zero-order chi connectivity index (χ0) is 36.0. The fourth-order valence-electron chi connectivity index (χ4n) is 7.66. The zero-order valence-corrected chi connectivity index (χ0v) is 29.1. The third-order valence-electron chi connectivity index (χ3n) is 9.85. The number of hydrogen-bond acceptors (Lipinski definition) is 6. The first-order chi connectivity index (χ1) is 23.5. The van der Waals surface area contributed by atoms with Crippen LogP contribution in [-0.2, 0) is 26.5 Å². The topological polar surface area (TPSA) is 108 Å². The highest BCUT2D eigenvalue weighted by Crippen LogP contribution is 2.52. The molecule has 3 aliphatic rings. The van der Waals surface area contributed by atoms with Gasteiger partial charge in [0.05, 0.1) is 24.0 Å². The van der Waals surface area contributed by atoms with Gasteiger partial charge in [-0.1, -0.05) is 18.7 Å². The molecule has 2 atom stereocenters. The number of fused-ring (bicyclic) bond motifs is 3. The fourth-order valence-corrected chi connectivity index (χ4v) is 8.59. The number of anilines is 2. The molecule has 0 radical (unpaired) electrons. The number of ether oxygens (including phenoxy) is 1. The number of carbonyl (C=O) groups excluding carboxylic acids is 2. The average molecular weight is 711 g/mol. The molecule has 1 unspecified atom stereocenters. The minimum Gasteiger partial charge on any atom is -0.484 e. The monoisotopic (exact) mass is 710 g/mol. The Labute approximate surface area is 290 Å². The number of amides is 3. The van der Waals surface area contributed by atoms with Crippen LogP contribution < -0.4 is 25.2 Å². The van der Waals surface area contributed by atoms with E-state index in [-0.39, 0.29) is 18.1 Å². The largest absolute Gasteiger partial charge is 0.484 e. The molecule has 1 spiro atoms. The van der Waals surface area contributed by atoms with Crippen molar-refractivity contribution in [2.45, 2.75) is 62.6 Å². The predicted molar refractivity (Wildman–Crippen MR) is 186 cm³/mol. The second kappa shape index (κ2) is 13.3. The molecule has 0 saturated carbocycles. The molecule has 3 aromatic rings. The smallest absolute Gasteiger partial charge is 0.315 e. The molecule has 2 N–H and O–H groups in total. The molecule has 50 heavy (non-hydrogen) atoms. The number of nitrogens with zero attached hydrogens (tertiary/aromatic N) is 2. The Balaban J connectivity index is 1.17. The van der Waals surface area contributed by atoms with Gasteiger partial charge in [0.25, 0.3) is 5.91 Å². The number of urea groups is 1. The minimum absolute atomic E-state index is 0.0300. The lowest BCUT2D eigenvalue weighted by molar-refractivity contribution is -0.115. The maximum atomic E-state index is 14.7.